The van der Waals surface area contributed by atoms with E-state index >= 15 is 0 Å². The van der Waals surface area contributed by atoms with Crippen molar-refractivity contribution in [2.24, 2.45) is 5.41 Å². The third kappa shape index (κ3) is 25.7. The Hall–Kier alpha value is -0.280. The predicted octanol–water partition coefficient (Wildman–Crippen LogP) is 2.56. The molecule has 0 atom stereocenters. The number of ether oxygens (including phenoxy) is 7. The zero-order valence-corrected chi connectivity index (χ0v) is 18.1. The van der Waals surface area contributed by atoms with E-state index in [-0.39, 0.29) is 11.5 Å². The van der Waals surface area contributed by atoms with E-state index < -0.39 is 0 Å². The van der Waals surface area contributed by atoms with Crippen molar-refractivity contribution < 1.29 is 33.2 Å². The van der Waals surface area contributed by atoms with Crippen molar-refractivity contribution in [3.63, 3.8) is 0 Å². The van der Waals surface area contributed by atoms with Gasteiger partial charge in [-0.2, -0.15) is 0 Å². The van der Waals surface area contributed by atoms with Gasteiger partial charge >= 0.3 is 0 Å². The maximum Gasteiger partial charge on any atom is 0.0703 e. The lowest BCUT2D eigenvalue weighted by atomic mass is 9.99. The second kappa shape index (κ2) is 19.1. The Kier molecular flexibility index (Phi) is 18.9. The monoisotopic (exact) mass is 394 g/mol. The molecule has 0 aliphatic heterocycles. The smallest absolute Gasteiger partial charge is 0.0703 e. The molecule has 0 saturated carbocycles. The van der Waals surface area contributed by atoms with E-state index in [1.165, 1.54) is 0 Å². The highest BCUT2D eigenvalue weighted by molar-refractivity contribution is 4.58. The Morgan fingerprint density at radius 2 is 0.778 bits per heavy atom. The van der Waals surface area contributed by atoms with Gasteiger partial charge in [0, 0.05) is 0 Å². The topological polar surface area (TPSA) is 64.6 Å². The van der Waals surface area contributed by atoms with E-state index in [0.717, 1.165) is 6.61 Å². The highest BCUT2D eigenvalue weighted by Gasteiger charge is 2.09. The molecule has 0 fully saturated rings. The Morgan fingerprint density at radius 1 is 0.481 bits per heavy atom. The molecule has 0 radical (unpaired) electrons. The van der Waals surface area contributed by atoms with Crippen molar-refractivity contribution >= 4 is 0 Å². The molecule has 0 saturated heterocycles. The van der Waals surface area contributed by atoms with Crippen LogP contribution in [0.5, 0.6) is 0 Å². The minimum absolute atomic E-state index is 0.199. The molecule has 0 aliphatic rings. The third-order valence-corrected chi connectivity index (χ3v) is 3.07. The molecule has 164 valence electrons. The maximum atomic E-state index is 5.52. The molecule has 7 nitrogen and oxygen atoms in total. The fourth-order valence-electron chi connectivity index (χ4n) is 1.82. The van der Waals surface area contributed by atoms with Gasteiger partial charge in [0.1, 0.15) is 0 Å². The van der Waals surface area contributed by atoms with Crippen LogP contribution in [-0.4, -0.2) is 92.0 Å². The fraction of sp³-hybridized carbons (Fsp3) is 1.00. The Morgan fingerprint density at radius 3 is 1.07 bits per heavy atom. The van der Waals surface area contributed by atoms with Gasteiger partial charge < -0.3 is 33.2 Å². The van der Waals surface area contributed by atoms with Gasteiger partial charge in [-0.25, -0.2) is 0 Å². The van der Waals surface area contributed by atoms with Crippen LogP contribution in [0.1, 0.15) is 34.6 Å². The average Bonchev–Trinajstić information content (AvgIpc) is 2.58. The van der Waals surface area contributed by atoms with Crippen LogP contribution >= 0.6 is 0 Å². The Labute approximate surface area is 165 Å². The summed E-state index contributed by atoms with van der Waals surface area (Å²) in [5.41, 5.74) is 0.199. The summed E-state index contributed by atoms with van der Waals surface area (Å²) in [6, 6.07) is 0. The van der Waals surface area contributed by atoms with Crippen molar-refractivity contribution in [1.29, 1.82) is 0 Å². The van der Waals surface area contributed by atoms with Crippen LogP contribution in [0, 0.1) is 5.41 Å². The third-order valence-electron chi connectivity index (χ3n) is 3.07. The van der Waals surface area contributed by atoms with Crippen molar-refractivity contribution in [2.75, 3.05) is 85.9 Å². The van der Waals surface area contributed by atoms with Gasteiger partial charge in [-0.15, -0.1) is 0 Å². The maximum absolute atomic E-state index is 5.52. The molecule has 0 amide bonds. The van der Waals surface area contributed by atoms with Crippen molar-refractivity contribution in [3.8, 4) is 0 Å². The molecule has 0 aromatic rings. The molecule has 0 unspecified atom stereocenters. The quantitative estimate of drug-likeness (QED) is 0.294. The molecule has 7 heteroatoms. The number of rotatable bonds is 20. The van der Waals surface area contributed by atoms with E-state index in [0.29, 0.717) is 79.3 Å². The largest absolute Gasteiger partial charge is 0.379 e. The first kappa shape index (κ1) is 26.7. The first-order chi connectivity index (χ1) is 12.9. The van der Waals surface area contributed by atoms with Crippen LogP contribution in [-0.2, 0) is 33.2 Å². The zero-order chi connectivity index (χ0) is 20.2. The summed E-state index contributed by atoms with van der Waals surface area (Å²) in [6.45, 7) is 18.2. The summed E-state index contributed by atoms with van der Waals surface area (Å²) in [5.74, 6) is 0. The summed E-state index contributed by atoms with van der Waals surface area (Å²) in [7, 11) is 0. The fourth-order valence-corrected chi connectivity index (χ4v) is 1.82. The lowest BCUT2D eigenvalue weighted by molar-refractivity contribution is -0.0257. The van der Waals surface area contributed by atoms with Crippen molar-refractivity contribution in [3.05, 3.63) is 0 Å². The molecule has 0 bridgehead atoms. The van der Waals surface area contributed by atoms with Crippen molar-refractivity contribution in [2.45, 2.75) is 40.7 Å². The van der Waals surface area contributed by atoms with Crippen LogP contribution in [0.3, 0.4) is 0 Å². The summed E-state index contributed by atoms with van der Waals surface area (Å²) in [5, 5.41) is 0. The minimum Gasteiger partial charge on any atom is -0.379 e. The van der Waals surface area contributed by atoms with E-state index in [2.05, 4.69) is 20.8 Å². The minimum atomic E-state index is 0.199. The standard InChI is InChI=1S/C20H42O7/c1-19(2)27-17-16-25-13-12-23-9-8-21-6-7-22-10-11-24-14-15-26-18-20(3,4)5/h19H,6-18H2,1-5H3. The van der Waals surface area contributed by atoms with Crippen LogP contribution in [0.15, 0.2) is 0 Å². The Balaban J connectivity index is 3.03. The molecule has 0 aliphatic carbocycles. The van der Waals surface area contributed by atoms with E-state index in [1.807, 2.05) is 13.8 Å². The summed E-state index contributed by atoms with van der Waals surface area (Å²) in [4.78, 5) is 0. The average molecular weight is 395 g/mol. The molecule has 0 aromatic carbocycles. The van der Waals surface area contributed by atoms with Gasteiger partial charge in [-0.3, -0.25) is 0 Å². The van der Waals surface area contributed by atoms with E-state index in [9.17, 15) is 0 Å². The molecule has 0 rings (SSSR count). The Bertz CT molecular complexity index is 293. The zero-order valence-electron chi connectivity index (χ0n) is 18.1. The number of hydrogen-bond donors (Lipinski definition) is 0. The van der Waals surface area contributed by atoms with Crippen LogP contribution in [0.2, 0.25) is 0 Å². The molecule has 0 heterocycles. The molecule has 0 spiro atoms. The molecule has 0 aromatic heterocycles. The van der Waals surface area contributed by atoms with Crippen LogP contribution < -0.4 is 0 Å². The van der Waals surface area contributed by atoms with E-state index in [4.69, 9.17) is 33.2 Å². The molecule has 0 N–H and O–H groups in total. The second-order valence-electron chi connectivity index (χ2n) is 7.59. The van der Waals surface area contributed by atoms with Gasteiger partial charge in [-0.1, -0.05) is 20.8 Å². The van der Waals surface area contributed by atoms with Gasteiger partial charge in [0.2, 0.25) is 0 Å². The summed E-state index contributed by atoms with van der Waals surface area (Å²) in [6.07, 6.45) is 0.247. The predicted molar refractivity (Wildman–Crippen MR) is 105 cm³/mol. The van der Waals surface area contributed by atoms with Gasteiger partial charge in [0.15, 0.2) is 0 Å². The lowest BCUT2D eigenvalue weighted by Gasteiger charge is -2.17. The number of hydrogen-bond acceptors (Lipinski definition) is 7. The first-order valence-electron chi connectivity index (χ1n) is 10.00. The summed E-state index contributed by atoms with van der Waals surface area (Å²) >= 11 is 0. The lowest BCUT2D eigenvalue weighted by Crippen LogP contribution is -2.17. The van der Waals surface area contributed by atoms with Crippen LogP contribution in [0.25, 0.3) is 0 Å². The van der Waals surface area contributed by atoms with Gasteiger partial charge in [0.25, 0.3) is 0 Å². The molecule has 27 heavy (non-hydrogen) atoms. The van der Waals surface area contributed by atoms with Gasteiger partial charge in [0.05, 0.1) is 92.0 Å². The second-order valence-corrected chi connectivity index (χ2v) is 7.59. The normalized spacial score (nSPS) is 12.2. The SMILES string of the molecule is CC(C)OCCOCCOCCOCCOCCOCCOCC(C)(C)C. The van der Waals surface area contributed by atoms with E-state index in [1.54, 1.807) is 0 Å². The van der Waals surface area contributed by atoms with Crippen molar-refractivity contribution in [1.82, 2.24) is 0 Å². The summed E-state index contributed by atoms with van der Waals surface area (Å²) < 4.78 is 38.0. The highest BCUT2D eigenvalue weighted by atomic mass is 16.6. The first-order valence-corrected chi connectivity index (χ1v) is 10.00. The van der Waals surface area contributed by atoms with Gasteiger partial charge in [-0.05, 0) is 19.3 Å². The van der Waals surface area contributed by atoms with Crippen LogP contribution in [0.4, 0.5) is 0 Å². The molecular weight excluding hydrogens is 352 g/mol. The molecular formula is C20H42O7. The highest BCUT2D eigenvalue weighted by Crippen LogP contribution is 2.12.